The molecule has 1 saturated heterocycles. The average Bonchev–Trinajstić information content (AvgIpc) is 2.68. The Hall–Kier alpha value is -1.63. The minimum absolute atomic E-state index is 0.0492. The van der Waals surface area contributed by atoms with Gasteiger partial charge in [0, 0.05) is 43.7 Å². The predicted molar refractivity (Wildman–Crippen MR) is 101 cm³/mol. The van der Waals surface area contributed by atoms with Crippen molar-refractivity contribution in [3.8, 4) is 5.75 Å². The van der Waals surface area contributed by atoms with Gasteiger partial charge in [-0.3, -0.25) is 9.69 Å². The van der Waals surface area contributed by atoms with Gasteiger partial charge in [0.15, 0.2) is 0 Å². The van der Waals surface area contributed by atoms with E-state index in [2.05, 4.69) is 10.2 Å². The summed E-state index contributed by atoms with van der Waals surface area (Å²) in [7, 11) is 0. The van der Waals surface area contributed by atoms with Crippen LogP contribution in [0.2, 0.25) is 0 Å². The number of carbonyl (C=O) groups excluding carboxylic acids is 1. The second kappa shape index (κ2) is 9.90. The lowest BCUT2D eigenvalue weighted by molar-refractivity contribution is -0.126. The normalized spacial score (nSPS) is 24.2. The third kappa shape index (κ3) is 5.69. The number of nitrogens with one attached hydrogen (secondary N) is 1. The molecule has 1 aliphatic carbocycles. The van der Waals surface area contributed by atoms with Crippen molar-refractivity contribution < 1.29 is 14.3 Å². The van der Waals surface area contributed by atoms with Gasteiger partial charge >= 0.3 is 0 Å². The lowest BCUT2D eigenvalue weighted by atomic mass is 9.85. The van der Waals surface area contributed by atoms with E-state index in [-0.39, 0.29) is 17.9 Å². The van der Waals surface area contributed by atoms with Crippen molar-refractivity contribution in [2.45, 2.75) is 38.3 Å². The topological polar surface area (TPSA) is 76.8 Å². The van der Waals surface area contributed by atoms with Gasteiger partial charge in [-0.25, -0.2) is 0 Å². The summed E-state index contributed by atoms with van der Waals surface area (Å²) in [5.74, 6) is 1.01. The van der Waals surface area contributed by atoms with Gasteiger partial charge < -0.3 is 20.5 Å². The van der Waals surface area contributed by atoms with Gasteiger partial charge in [-0.15, -0.1) is 0 Å². The molecule has 0 bridgehead atoms. The van der Waals surface area contributed by atoms with Crippen molar-refractivity contribution in [2.24, 2.45) is 11.7 Å². The number of nitrogens with two attached hydrogens (primary N) is 1. The number of hydrogen-bond acceptors (Lipinski definition) is 5. The van der Waals surface area contributed by atoms with Crippen molar-refractivity contribution in [1.82, 2.24) is 10.2 Å². The minimum atomic E-state index is 0.0492. The zero-order valence-electron chi connectivity index (χ0n) is 15.5. The number of hydrogen-bond donors (Lipinski definition) is 2. The first-order chi connectivity index (χ1) is 12.7. The van der Waals surface area contributed by atoms with E-state index in [1.54, 1.807) is 0 Å². The fourth-order valence-corrected chi connectivity index (χ4v) is 3.69. The quantitative estimate of drug-likeness (QED) is 0.770. The van der Waals surface area contributed by atoms with E-state index in [4.69, 9.17) is 15.2 Å². The number of carbonyl (C=O) groups is 1. The van der Waals surface area contributed by atoms with Crippen LogP contribution in [0.1, 0.15) is 31.2 Å². The fraction of sp³-hybridized carbons (Fsp3) is 0.650. The van der Waals surface area contributed by atoms with Gasteiger partial charge in [0.1, 0.15) is 12.4 Å². The van der Waals surface area contributed by atoms with Crippen LogP contribution in [-0.2, 0) is 16.1 Å². The average molecular weight is 361 g/mol. The Kier molecular flexibility index (Phi) is 7.29. The summed E-state index contributed by atoms with van der Waals surface area (Å²) in [4.78, 5) is 14.8. The molecule has 1 amide bonds. The summed E-state index contributed by atoms with van der Waals surface area (Å²) in [6.07, 6.45) is 3.81. The molecule has 26 heavy (non-hydrogen) atoms. The largest absolute Gasteiger partial charge is 0.492 e. The van der Waals surface area contributed by atoms with Crippen LogP contribution in [0.15, 0.2) is 24.3 Å². The Morgan fingerprint density at radius 1 is 1.27 bits per heavy atom. The van der Waals surface area contributed by atoms with Crippen molar-refractivity contribution >= 4 is 5.91 Å². The fourth-order valence-electron chi connectivity index (χ4n) is 3.69. The second-order valence-electron chi connectivity index (χ2n) is 7.25. The van der Waals surface area contributed by atoms with Gasteiger partial charge in [-0.1, -0.05) is 24.6 Å². The van der Waals surface area contributed by atoms with Crippen LogP contribution in [0.3, 0.4) is 0 Å². The molecule has 0 aromatic heterocycles. The summed E-state index contributed by atoms with van der Waals surface area (Å²) < 4.78 is 11.3. The van der Waals surface area contributed by atoms with E-state index in [0.29, 0.717) is 13.2 Å². The van der Waals surface area contributed by atoms with E-state index in [9.17, 15) is 4.79 Å². The summed E-state index contributed by atoms with van der Waals surface area (Å²) in [6, 6.07) is 8.09. The number of morpholine rings is 1. The molecule has 1 aromatic rings. The van der Waals surface area contributed by atoms with E-state index in [0.717, 1.165) is 69.8 Å². The molecule has 1 heterocycles. The van der Waals surface area contributed by atoms with Gasteiger partial charge in [0.25, 0.3) is 0 Å². The molecule has 1 aromatic carbocycles. The Labute approximate surface area is 156 Å². The zero-order chi connectivity index (χ0) is 18.2. The first-order valence-corrected chi connectivity index (χ1v) is 9.76. The predicted octanol–water partition coefficient (Wildman–Crippen LogP) is 1.53. The smallest absolute Gasteiger partial charge is 0.223 e. The second-order valence-corrected chi connectivity index (χ2v) is 7.25. The maximum atomic E-state index is 12.4. The number of rotatable bonds is 7. The van der Waals surface area contributed by atoms with Crippen LogP contribution in [0.25, 0.3) is 0 Å². The highest BCUT2D eigenvalue weighted by Gasteiger charge is 2.25. The summed E-state index contributed by atoms with van der Waals surface area (Å²) in [5.41, 5.74) is 7.02. The molecule has 0 radical (unpaired) electrons. The molecule has 0 spiro atoms. The van der Waals surface area contributed by atoms with Crippen LogP contribution < -0.4 is 15.8 Å². The molecule has 6 heteroatoms. The monoisotopic (exact) mass is 361 g/mol. The van der Waals surface area contributed by atoms with Crippen molar-refractivity contribution in [3.05, 3.63) is 29.8 Å². The summed E-state index contributed by atoms with van der Waals surface area (Å²) in [5, 5.41) is 3.07. The summed E-state index contributed by atoms with van der Waals surface area (Å²) in [6.45, 7) is 5.56. The maximum Gasteiger partial charge on any atom is 0.223 e. The molecule has 144 valence electrons. The molecule has 3 N–H and O–H groups in total. The number of para-hydroxylation sites is 1. The molecule has 1 aliphatic heterocycles. The molecular formula is C20H31N3O3. The van der Waals surface area contributed by atoms with Crippen LogP contribution in [0.4, 0.5) is 0 Å². The number of nitrogens with zero attached hydrogens (tertiary/aromatic N) is 1. The van der Waals surface area contributed by atoms with Gasteiger partial charge in [-0.05, 0) is 25.3 Å². The van der Waals surface area contributed by atoms with Crippen LogP contribution in [0, 0.1) is 5.92 Å². The van der Waals surface area contributed by atoms with E-state index >= 15 is 0 Å². The Morgan fingerprint density at radius 2 is 2.08 bits per heavy atom. The zero-order valence-corrected chi connectivity index (χ0v) is 15.5. The number of amides is 1. The van der Waals surface area contributed by atoms with Crippen molar-refractivity contribution in [3.63, 3.8) is 0 Å². The lowest BCUT2D eigenvalue weighted by Crippen LogP contribution is -2.38. The van der Waals surface area contributed by atoms with Crippen LogP contribution in [0.5, 0.6) is 5.75 Å². The van der Waals surface area contributed by atoms with Crippen LogP contribution >= 0.6 is 0 Å². The molecule has 2 atom stereocenters. The van der Waals surface area contributed by atoms with E-state index in [1.165, 1.54) is 0 Å². The summed E-state index contributed by atoms with van der Waals surface area (Å²) >= 11 is 0. The van der Waals surface area contributed by atoms with E-state index in [1.807, 2.05) is 24.3 Å². The Morgan fingerprint density at radius 3 is 2.88 bits per heavy atom. The van der Waals surface area contributed by atoms with E-state index < -0.39 is 0 Å². The molecular weight excluding hydrogens is 330 g/mol. The van der Waals surface area contributed by atoms with Crippen LogP contribution in [-0.4, -0.2) is 56.3 Å². The molecule has 2 aliphatic rings. The highest BCUT2D eigenvalue weighted by atomic mass is 16.5. The minimum Gasteiger partial charge on any atom is -0.492 e. The maximum absolute atomic E-state index is 12.4. The lowest BCUT2D eigenvalue weighted by Gasteiger charge is -2.26. The third-order valence-corrected chi connectivity index (χ3v) is 5.28. The Balaban J connectivity index is 1.46. The highest BCUT2D eigenvalue weighted by molar-refractivity contribution is 5.78. The molecule has 6 nitrogen and oxygen atoms in total. The molecule has 2 fully saturated rings. The molecule has 2 unspecified atom stereocenters. The molecule has 3 rings (SSSR count). The Bertz CT molecular complexity index is 575. The first kappa shape index (κ1) is 19.1. The first-order valence-electron chi connectivity index (χ1n) is 9.76. The number of ether oxygens (including phenoxy) is 2. The SMILES string of the molecule is NC1CCCC(C(=O)NCc2ccccc2OCCN2CCOCC2)C1. The van der Waals surface area contributed by atoms with Gasteiger partial charge in [0.05, 0.1) is 13.2 Å². The van der Waals surface area contributed by atoms with Crippen molar-refractivity contribution in [2.75, 3.05) is 39.5 Å². The van der Waals surface area contributed by atoms with Gasteiger partial charge in [0.2, 0.25) is 5.91 Å². The van der Waals surface area contributed by atoms with Gasteiger partial charge in [-0.2, -0.15) is 0 Å². The standard InChI is InChI=1S/C20H31N3O3/c21-18-6-3-5-16(14-18)20(24)22-15-17-4-1-2-7-19(17)26-13-10-23-8-11-25-12-9-23/h1-2,4,7,16,18H,3,5-6,8-15,21H2,(H,22,24). The highest BCUT2D eigenvalue weighted by Crippen LogP contribution is 2.24. The third-order valence-electron chi connectivity index (χ3n) is 5.28. The number of benzene rings is 1. The van der Waals surface area contributed by atoms with Crippen molar-refractivity contribution in [1.29, 1.82) is 0 Å². The molecule has 1 saturated carbocycles.